The number of sulfonamides is 1. The zero-order valence-electron chi connectivity index (χ0n) is 18.1. The summed E-state index contributed by atoms with van der Waals surface area (Å²) in [6.07, 6.45) is 1.39. The number of carbonyl (C=O) groups is 2. The zero-order chi connectivity index (χ0) is 24.0. The molecule has 9 heteroatoms. The lowest BCUT2D eigenvalue weighted by Gasteiger charge is -2.17. The highest BCUT2D eigenvalue weighted by Gasteiger charge is 2.20. The first-order chi connectivity index (χ1) is 15.7. The smallest absolute Gasteiger partial charge is 0.271 e. The van der Waals surface area contributed by atoms with Crippen LogP contribution in [0.25, 0.3) is 0 Å². The summed E-state index contributed by atoms with van der Waals surface area (Å²) in [5, 5.41) is 14.6. The van der Waals surface area contributed by atoms with Crippen LogP contribution in [0, 0.1) is 6.92 Å². The van der Waals surface area contributed by atoms with Crippen LogP contribution in [0.1, 0.15) is 37.4 Å². The number of carbonyl (C=O) groups excluding carboxylic acids is 2. The molecular weight excluding hydrogens is 442 g/mol. The number of hydrogen-bond acceptors (Lipinski definition) is 6. The van der Waals surface area contributed by atoms with E-state index >= 15 is 0 Å². The first-order valence-corrected chi connectivity index (χ1v) is 11.4. The minimum Gasteiger partial charge on any atom is -0.545 e. The third kappa shape index (κ3) is 6.12. The molecule has 0 aliphatic heterocycles. The van der Waals surface area contributed by atoms with Crippen molar-refractivity contribution < 1.29 is 23.1 Å². The topological polar surface area (TPSA) is 119 Å². The molecule has 3 aromatic carbocycles. The second-order valence-corrected chi connectivity index (χ2v) is 9.42. The third-order valence-electron chi connectivity index (χ3n) is 4.88. The summed E-state index contributed by atoms with van der Waals surface area (Å²) < 4.78 is 26.7. The van der Waals surface area contributed by atoms with E-state index in [1.54, 1.807) is 48.5 Å². The van der Waals surface area contributed by atoms with Gasteiger partial charge in [-0.25, -0.2) is 13.8 Å². The van der Waals surface area contributed by atoms with Gasteiger partial charge in [0.1, 0.15) is 0 Å². The van der Waals surface area contributed by atoms with Crippen molar-refractivity contribution in [2.45, 2.75) is 18.4 Å². The molecule has 0 saturated heterocycles. The zero-order valence-corrected chi connectivity index (χ0v) is 18.9. The van der Waals surface area contributed by atoms with Gasteiger partial charge in [-0.05, 0) is 47.9 Å². The van der Waals surface area contributed by atoms with Crippen LogP contribution in [0.4, 0.5) is 0 Å². The molecule has 8 nitrogen and oxygen atoms in total. The van der Waals surface area contributed by atoms with E-state index in [1.807, 2.05) is 6.92 Å². The van der Waals surface area contributed by atoms with Gasteiger partial charge < -0.3 is 9.90 Å². The molecule has 0 saturated carbocycles. The van der Waals surface area contributed by atoms with E-state index in [2.05, 4.69) is 10.5 Å². The standard InChI is InChI=1S/C24H23N3O5S/c1-17-3-13-22(14-4-17)33(31,32)27(2)16-19-7-9-20(10-8-19)23(28)26-25-15-18-5-11-21(12-6-18)24(29)30/h3-15H,16H2,1-2H3,(H,26,28)(H,29,30)/p-1/b25-15-. The number of hydrogen-bond donors (Lipinski definition) is 1. The first kappa shape index (κ1) is 23.8. The summed E-state index contributed by atoms with van der Waals surface area (Å²) in [7, 11) is -2.12. The molecule has 33 heavy (non-hydrogen) atoms. The van der Waals surface area contributed by atoms with Crippen molar-refractivity contribution in [1.82, 2.24) is 9.73 Å². The van der Waals surface area contributed by atoms with E-state index in [-0.39, 0.29) is 17.0 Å². The quantitative estimate of drug-likeness (QED) is 0.404. The Bertz CT molecular complexity index is 1270. The maximum absolute atomic E-state index is 12.7. The fourth-order valence-electron chi connectivity index (χ4n) is 2.93. The van der Waals surface area contributed by atoms with Gasteiger partial charge in [0.15, 0.2) is 0 Å². The number of aromatic carboxylic acids is 1. The van der Waals surface area contributed by atoms with E-state index in [0.29, 0.717) is 11.1 Å². The lowest BCUT2D eigenvalue weighted by Crippen LogP contribution is -2.26. The van der Waals surface area contributed by atoms with E-state index < -0.39 is 21.9 Å². The maximum Gasteiger partial charge on any atom is 0.271 e. The van der Waals surface area contributed by atoms with Crippen molar-refractivity contribution >= 4 is 28.1 Å². The Hall–Kier alpha value is -3.82. The monoisotopic (exact) mass is 464 g/mol. The van der Waals surface area contributed by atoms with E-state index in [0.717, 1.165) is 11.1 Å². The number of nitrogens with one attached hydrogen (secondary N) is 1. The van der Waals surface area contributed by atoms with Crippen molar-refractivity contribution in [1.29, 1.82) is 0 Å². The Kier molecular flexibility index (Phi) is 7.37. The first-order valence-electron chi connectivity index (χ1n) is 9.93. The number of nitrogens with zero attached hydrogens (tertiary/aromatic N) is 2. The molecule has 170 valence electrons. The van der Waals surface area contributed by atoms with Gasteiger partial charge in [-0.2, -0.15) is 9.41 Å². The SMILES string of the molecule is Cc1ccc(S(=O)(=O)N(C)Cc2ccc(C(=O)N/N=C\c3ccc(C(=O)[O-])cc3)cc2)cc1. The van der Waals surface area contributed by atoms with Crippen LogP contribution < -0.4 is 10.5 Å². The highest BCUT2D eigenvalue weighted by atomic mass is 32.2. The number of hydrazone groups is 1. The van der Waals surface area contributed by atoms with Gasteiger partial charge in [0.05, 0.1) is 17.1 Å². The highest BCUT2D eigenvalue weighted by molar-refractivity contribution is 7.89. The van der Waals surface area contributed by atoms with Crippen LogP contribution in [0.15, 0.2) is 82.8 Å². The summed E-state index contributed by atoms with van der Waals surface area (Å²) in [6.45, 7) is 2.04. The fraction of sp³-hybridized carbons (Fsp3) is 0.125. The Morgan fingerprint density at radius 2 is 1.52 bits per heavy atom. The number of carboxylic acid groups (broad SMARTS) is 1. The summed E-state index contributed by atoms with van der Waals surface area (Å²) in [5.41, 5.74) is 5.10. The number of carboxylic acids is 1. The number of benzene rings is 3. The molecule has 0 heterocycles. The minimum atomic E-state index is -3.63. The number of aryl methyl sites for hydroxylation is 1. The lowest BCUT2D eigenvalue weighted by molar-refractivity contribution is -0.255. The van der Waals surface area contributed by atoms with Gasteiger partial charge in [0, 0.05) is 19.2 Å². The average molecular weight is 465 g/mol. The van der Waals surface area contributed by atoms with E-state index in [1.165, 1.54) is 41.8 Å². The third-order valence-corrected chi connectivity index (χ3v) is 6.69. The molecule has 3 rings (SSSR count). The maximum atomic E-state index is 12.7. The summed E-state index contributed by atoms with van der Waals surface area (Å²) >= 11 is 0. The molecule has 3 aromatic rings. The molecular formula is C24H22N3O5S-. The molecule has 1 amide bonds. The number of amides is 1. The molecule has 0 spiro atoms. The molecule has 0 unspecified atom stereocenters. The molecule has 0 bridgehead atoms. The van der Waals surface area contributed by atoms with Gasteiger partial charge in [-0.3, -0.25) is 4.79 Å². The second kappa shape index (κ2) is 10.2. The molecule has 0 fully saturated rings. The van der Waals surface area contributed by atoms with Crippen LogP contribution in [-0.2, 0) is 16.6 Å². The Labute approximate surface area is 192 Å². The van der Waals surface area contributed by atoms with Gasteiger partial charge in [-0.1, -0.05) is 54.1 Å². The minimum absolute atomic E-state index is 0.0496. The highest BCUT2D eigenvalue weighted by Crippen LogP contribution is 2.17. The predicted molar refractivity (Wildman–Crippen MR) is 122 cm³/mol. The Morgan fingerprint density at radius 1 is 0.939 bits per heavy atom. The van der Waals surface area contributed by atoms with Gasteiger partial charge >= 0.3 is 0 Å². The largest absolute Gasteiger partial charge is 0.545 e. The van der Waals surface area contributed by atoms with Crippen LogP contribution in [0.5, 0.6) is 0 Å². The van der Waals surface area contributed by atoms with Gasteiger partial charge in [0.25, 0.3) is 5.91 Å². The van der Waals surface area contributed by atoms with Crippen molar-refractivity contribution in [3.8, 4) is 0 Å². The van der Waals surface area contributed by atoms with Crippen molar-refractivity contribution in [3.05, 3.63) is 101 Å². The molecule has 0 aliphatic rings. The van der Waals surface area contributed by atoms with Crippen molar-refractivity contribution in [2.75, 3.05) is 7.05 Å². The molecule has 0 atom stereocenters. The summed E-state index contributed by atoms with van der Waals surface area (Å²) in [4.78, 5) is 23.2. The van der Waals surface area contributed by atoms with E-state index in [4.69, 9.17) is 0 Å². The van der Waals surface area contributed by atoms with Crippen molar-refractivity contribution in [3.63, 3.8) is 0 Å². The summed E-state index contributed by atoms with van der Waals surface area (Å²) in [6, 6.07) is 19.0. The molecule has 0 aliphatic carbocycles. The molecule has 0 radical (unpaired) electrons. The average Bonchev–Trinajstić information content (AvgIpc) is 2.80. The Balaban J connectivity index is 1.59. The second-order valence-electron chi connectivity index (χ2n) is 7.38. The summed E-state index contributed by atoms with van der Waals surface area (Å²) in [5.74, 6) is -1.71. The normalized spacial score (nSPS) is 11.6. The van der Waals surface area contributed by atoms with Crippen LogP contribution >= 0.6 is 0 Å². The predicted octanol–water partition coefficient (Wildman–Crippen LogP) is 1.94. The fourth-order valence-corrected chi connectivity index (χ4v) is 4.09. The molecule has 1 N–H and O–H groups in total. The van der Waals surface area contributed by atoms with Gasteiger partial charge in [-0.15, -0.1) is 0 Å². The van der Waals surface area contributed by atoms with E-state index in [9.17, 15) is 23.1 Å². The van der Waals surface area contributed by atoms with Crippen molar-refractivity contribution in [2.24, 2.45) is 5.10 Å². The number of rotatable bonds is 8. The molecule has 0 aromatic heterocycles. The van der Waals surface area contributed by atoms with Crippen LogP contribution in [0.2, 0.25) is 0 Å². The lowest BCUT2D eigenvalue weighted by atomic mass is 10.1. The van der Waals surface area contributed by atoms with Crippen LogP contribution in [-0.4, -0.2) is 37.9 Å². The Morgan fingerprint density at radius 3 is 2.09 bits per heavy atom. The van der Waals surface area contributed by atoms with Gasteiger partial charge in [0.2, 0.25) is 10.0 Å². The van der Waals surface area contributed by atoms with Crippen LogP contribution in [0.3, 0.4) is 0 Å².